The quantitative estimate of drug-likeness (QED) is 0.513. The number of morpholine rings is 1. The van der Waals surface area contributed by atoms with E-state index < -0.39 is 12.1 Å². The molecule has 12 heteroatoms. The molecule has 0 aromatic carbocycles. The fourth-order valence-electron chi connectivity index (χ4n) is 3.04. The molecule has 4 rings (SSSR count). The molecule has 1 fully saturated rings. The summed E-state index contributed by atoms with van der Waals surface area (Å²) < 4.78 is 32.5. The summed E-state index contributed by atoms with van der Waals surface area (Å²) in [6.45, 7) is 2.52. The Balaban J connectivity index is 1.45. The van der Waals surface area contributed by atoms with Gasteiger partial charge in [-0.3, -0.25) is 10.1 Å². The Labute approximate surface area is 170 Å². The summed E-state index contributed by atoms with van der Waals surface area (Å²) in [5, 5.41) is 9.34. The summed E-state index contributed by atoms with van der Waals surface area (Å²) >= 11 is 0. The average molecular weight is 416 g/mol. The zero-order valence-electron chi connectivity index (χ0n) is 15.9. The SMILES string of the molecule is [NH2+]=C(/C=C\c1ncc(-c2cc(N3CCOC(Cn4cncn4)C3)ncn2)[nH]1)C(F)F. The van der Waals surface area contributed by atoms with E-state index in [9.17, 15) is 8.78 Å². The van der Waals surface area contributed by atoms with Crippen LogP contribution < -0.4 is 10.3 Å². The van der Waals surface area contributed by atoms with Crippen molar-refractivity contribution in [3.05, 3.63) is 43.1 Å². The van der Waals surface area contributed by atoms with Gasteiger partial charge in [-0.05, 0) is 6.08 Å². The van der Waals surface area contributed by atoms with Crippen LogP contribution in [0.4, 0.5) is 14.6 Å². The molecule has 0 amide bonds. The van der Waals surface area contributed by atoms with Crippen LogP contribution in [0.1, 0.15) is 5.82 Å². The van der Waals surface area contributed by atoms with Crippen molar-refractivity contribution >= 4 is 17.6 Å². The third-order valence-corrected chi connectivity index (χ3v) is 4.53. The highest BCUT2D eigenvalue weighted by Crippen LogP contribution is 2.21. The molecule has 1 atom stereocenters. The van der Waals surface area contributed by atoms with Crippen molar-refractivity contribution in [1.29, 1.82) is 0 Å². The summed E-state index contributed by atoms with van der Waals surface area (Å²) in [7, 11) is 0. The van der Waals surface area contributed by atoms with Crippen molar-refractivity contribution < 1.29 is 18.9 Å². The minimum atomic E-state index is -2.71. The predicted molar refractivity (Wildman–Crippen MR) is 104 cm³/mol. The molecule has 0 spiro atoms. The molecule has 0 saturated carbocycles. The van der Waals surface area contributed by atoms with Crippen molar-refractivity contribution in [3.8, 4) is 11.4 Å². The number of anilines is 1. The van der Waals surface area contributed by atoms with Crippen molar-refractivity contribution in [2.75, 3.05) is 24.6 Å². The van der Waals surface area contributed by atoms with Gasteiger partial charge in [-0.25, -0.2) is 19.9 Å². The lowest BCUT2D eigenvalue weighted by molar-refractivity contribution is -0.124. The molecule has 1 unspecified atom stereocenters. The number of hydrogen-bond acceptors (Lipinski definition) is 7. The van der Waals surface area contributed by atoms with Gasteiger partial charge in [-0.15, -0.1) is 0 Å². The normalized spacial score (nSPS) is 17.2. The summed E-state index contributed by atoms with van der Waals surface area (Å²) in [5.74, 6) is 1.15. The number of allylic oxidation sites excluding steroid dienone is 1. The molecule has 4 heterocycles. The zero-order valence-corrected chi connectivity index (χ0v) is 15.9. The van der Waals surface area contributed by atoms with E-state index in [0.29, 0.717) is 43.5 Å². The lowest BCUT2D eigenvalue weighted by Gasteiger charge is -2.33. The van der Waals surface area contributed by atoms with Crippen LogP contribution in [0.15, 0.2) is 37.3 Å². The molecular weight excluding hydrogens is 396 g/mol. The molecule has 0 radical (unpaired) electrons. The third kappa shape index (κ3) is 4.71. The van der Waals surface area contributed by atoms with Crippen LogP contribution in [0.5, 0.6) is 0 Å². The number of nitrogens with zero attached hydrogens (tertiary/aromatic N) is 7. The highest BCUT2D eigenvalue weighted by molar-refractivity contribution is 5.95. The Kier molecular flexibility index (Phi) is 5.84. The van der Waals surface area contributed by atoms with E-state index in [1.807, 2.05) is 6.07 Å². The minimum Gasteiger partial charge on any atom is -0.373 e. The van der Waals surface area contributed by atoms with Crippen LogP contribution in [0.25, 0.3) is 17.5 Å². The van der Waals surface area contributed by atoms with Gasteiger partial charge >= 0.3 is 6.43 Å². The number of aromatic nitrogens is 7. The van der Waals surface area contributed by atoms with Crippen molar-refractivity contribution in [3.63, 3.8) is 0 Å². The topological polar surface area (TPSA) is 123 Å². The highest BCUT2D eigenvalue weighted by Gasteiger charge is 2.23. The summed E-state index contributed by atoms with van der Waals surface area (Å²) in [6.07, 6.45) is 5.97. The molecule has 3 aromatic rings. The van der Waals surface area contributed by atoms with Gasteiger partial charge in [-0.1, -0.05) is 0 Å². The van der Waals surface area contributed by atoms with Crippen LogP contribution in [0.3, 0.4) is 0 Å². The Bertz CT molecular complexity index is 1020. The first kappa shape index (κ1) is 19.8. The van der Waals surface area contributed by atoms with Gasteiger partial charge in [0.05, 0.1) is 36.8 Å². The first-order valence-electron chi connectivity index (χ1n) is 9.23. The van der Waals surface area contributed by atoms with Gasteiger partial charge in [-0.2, -0.15) is 13.9 Å². The standard InChI is InChI=1S/C18H19F2N9O/c19-18(20)13(21)1-2-16-23-6-15(27-16)14-5-17(25-10-24-14)28-3-4-30-12(7-28)8-29-11-22-9-26-29/h1-2,5-6,9-12,18,21H,3-4,7-8H2,(H,23,27)/p+1/b2-1-,21-13?. The number of alkyl halides is 2. The average Bonchev–Trinajstić information content (AvgIpc) is 3.44. The first-order valence-corrected chi connectivity index (χ1v) is 9.23. The number of nitrogens with one attached hydrogen (secondary N) is 1. The maximum absolute atomic E-state index is 12.5. The molecule has 0 bridgehead atoms. The highest BCUT2D eigenvalue weighted by atomic mass is 19.3. The predicted octanol–water partition coefficient (Wildman–Crippen LogP) is -0.158. The first-order chi connectivity index (χ1) is 14.6. The lowest BCUT2D eigenvalue weighted by Crippen LogP contribution is -2.44. The van der Waals surface area contributed by atoms with E-state index >= 15 is 0 Å². The van der Waals surface area contributed by atoms with E-state index in [1.165, 1.54) is 18.7 Å². The van der Waals surface area contributed by atoms with Crippen molar-refractivity contribution in [2.45, 2.75) is 19.1 Å². The number of nitrogens with two attached hydrogens (primary N) is 1. The Morgan fingerprint density at radius 1 is 1.33 bits per heavy atom. The van der Waals surface area contributed by atoms with E-state index in [-0.39, 0.29) is 6.10 Å². The molecule has 0 aliphatic carbocycles. The summed E-state index contributed by atoms with van der Waals surface area (Å²) in [5.41, 5.74) is 0.753. The van der Waals surface area contributed by atoms with Crippen LogP contribution in [-0.4, -0.2) is 72.6 Å². The molecule has 3 N–H and O–H groups in total. The summed E-state index contributed by atoms with van der Waals surface area (Å²) in [4.78, 5) is 21.9. The van der Waals surface area contributed by atoms with Gasteiger partial charge in [0.15, 0.2) is 0 Å². The maximum atomic E-state index is 12.5. The molecule has 3 aromatic heterocycles. The number of aromatic amines is 1. The fourth-order valence-corrected chi connectivity index (χ4v) is 3.04. The Morgan fingerprint density at radius 2 is 2.23 bits per heavy atom. The second kappa shape index (κ2) is 8.86. The smallest absolute Gasteiger partial charge is 0.320 e. The van der Waals surface area contributed by atoms with Crippen LogP contribution >= 0.6 is 0 Å². The second-order valence-corrected chi connectivity index (χ2v) is 6.63. The van der Waals surface area contributed by atoms with E-state index in [1.54, 1.807) is 17.2 Å². The Morgan fingerprint density at radius 3 is 3.03 bits per heavy atom. The Hall–Kier alpha value is -3.54. The van der Waals surface area contributed by atoms with Gasteiger partial charge in [0.2, 0.25) is 5.71 Å². The van der Waals surface area contributed by atoms with Crippen LogP contribution in [-0.2, 0) is 11.3 Å². The maximum Gasteiger partial charge on any atom is 0.320 e. The van der Waals surface area contributed by atoms with E-state index in [0.717, 1.165) is 11.9 Å². The fraction of sp³-hybridized carbons (Fsp3) is 0.333. The van der Waals surface area contributed by atoms with E-state index in [4.69, 9.17) is 10.1 Å². The number of ether oxygens (including phenoxy) is 1. The monoisotopic (exact) mass is 416 g/mol. The molecule has 156 valence electrons. The number of imidazole rings is 1. The minimum absolute atomic E-state index is 0.0423. The number of H-pyrrole nitrogens is 1. The molecular formula is C18H20F2N9O+. The zero-order chi connectivity index (χ0) is 20.9. The largest absolute Gasteiger partial charge is 0.373 e. The van der Waals surface area contributed by atoms with Crippen LogP contribution in [0, 0.1) is 0 Å². The third-order valence-electron chi connectivity index (χ3n) is 4.53. The lowest BCUT2D eigenvalue weighted by atomic mass is 10.2. The van der Waals surface area contributed by atoms with Crippen molar-refractivity contribution in [2.24, 2.45) is 0 Å². The number of hydrogen-bond donors (Lipinski definition) is 2. The number of halogens is 2. The molecule has 1 aliphatic heterocycles. The molecule has 30 heavy (non-hydrogen) atoms. The van der Waals surface area contributed by atoms with Gasteiger partial charge < -0.3 is 14.6 Å². The molecule has 1 aliphatic rings. The number of rotatable bonds is 7. The van der Waals surface area contributed by atoms with Crippen LogP contribution in [0.2, 0.25) is 0 Å². The van der Waals surface area contributed by atoms with Gasteiger partial charge in [0.1, 0.15) is 30.6 Å². The molecule has 1 saturated heterocycles. The van der Waals surface area contributed by atoms with Gasteiger partial charge in [0, 0.05) is 25.2 Å². The molecule has 10 nitrogen and oxygen atoms in total. The van der Waals surface area contributed by atoms with Gasteiger partial charge in [0.25, 0.3) is 0 Å². The second-order valence-electron chi connectivity index (χ2n) is 6.63. The summed E-state index contributed by atoms with van der Waals surface area (Å²) in [6, 6.07) is 1.85. The van der Waals surface area contributed by atoms with E-state index in [2.05, 4.69) is 34.9 Å². The van der Waals surface area contributed by atoms with Crippen molar-refractivity contribution in [1.82, 2.24) is 34.7 Å².